The number of ether oxygens (including phenoxy) is 3. The fourth-order valence-electron chi connectivity index (χ4n) is 2.06. The monoisotopic (exact) mass is 248 g/mol. The maximum absolute atomic E-state index is 5.77. The first kappa shape index (κ1) is 13.3. The lowest BCUT2D eigenvalue weighted by Crippen LogP contribution is -2.26. The second-order valence-corrected chi connectivity index (χ2v) is 4.88. The molecule has 0 spiro atoms. The van der Waals surface area contributed by atoms with Crippen LogP contribution in [0, 0.1) is 0 Å². The van der Waals surface area contributed by atoms with E-state index in [4.69, 9.17) is 14.2 Å². The molecular weight excluding hydrogens is 228 g/mol. The SMILES string of the molecule is C=C[C@@H]1OC(C)(C)O[C@H]1COCc1ccccc1. The largest absolute Gasteiger partial charge is 0.374 e. The Hall–Kier alpha value is -1.16. The molecule has 98 valence electrons. The average molecular weight is 248 g/mol. The zero-order valence-electron chi connectivity index (χ0n) is 11.0. The van der Waals surface area contributed by atoms with Crippen molar-refractivity contribution in [1.29, 1.82) is 0 Å². The predicted molar refractivity (Wildman–Crippen MR) is 70.1 cm³/mol. The van der Waals surface area contributed by atoms with E-state index in [0.29, 0.717) is 13.2 Å². The van der Waals surface area contributed by atoms with Gasteiger partial charge in [0.05, 0.1) is 13.2 Å². The molecule has 1 fully saturated rings. The van der Waals surface area contributed by atoms with Crippen LogP contribution in [0.4, 0.5) is 0 Å². The Bertz CT molecular complexity index is 386. The van der Waals surface area contributed by atoms with Crippen molar-refractivity contribution in [3.63, 3.8) is 0 Å². The molecule has 1 aliphatic heterocycles. The summed E-state index contributed by atoms with van der Waals surface area (Å²) >= 11 is 0. The van der Waals surface area contributed by atoms with Gasteiger partial charge < -0.3 is 14.2 Å². The Kier molecular flexibility index (Phi) is 4.17. The molecule has 3 heteroatoms. The van der Waals surface area contributed by atoms with E-state index < -0.39 is 5.79 Å². The summed E-state index contributed by atoms with van der Waals surface area (Å²) in [6.45, 7) is 8.67. The van der Waals surface area contributed by atoms with E-state index in [1.165, 1.54) is 0 Å². The van der Waals surface area contributed by atoms with Gasteiger partial charge in [0.25, 0.3) is 0 Å². The highest BCUT2D eigenvalue weighted by Crippen LogP contribution is 2.28. The van der Waals surface area contributed by atoms with Gasteiger partial charge in [-0.1, -0.05) is 36.4 Å². The molecule has 3 nitrogen and oxygen atoms in total. The first-order chi connectivity index (χ1) is 8.61. The average Bonchev–Trinajstić information content (AvgIpc) is 2.65. The van der Waals surface area contributed by atoms with Gasteiger partial charge in [-0.25, -0.2) is 0 Å². The summed E-state index contributed by atoms with van der Waals surface area (Å²) in [4.78, 5) is 0. The van der Waals surface area contributed by atoms with Crippen molar-refractivity contribution in [3.8, 4) is 0 Å². The molecule has 0 N–H and O–H groups in total. The van der Waals surface area contributed by atoms with Crippen LogP contribution in [-0.2, 0) is 20.8 Å². The second-order valence-electron chi connectivity index (χ2n) is 4.88. The van der Waals surface area contributed by atoms with E-state index in [9.17, 15) is 0 Å². The normalized spacial score (nSPS) is 26.1. The fourth-order valence-corrected chi connectivity index (χ4v) is 2.06. The van der Waals surface area contributed by atoms with E-state index in [0.717, 1.165) is 5.56 Å². The molecule has 1 aliphatic rings. The molecule has 0 unspecified atom stereocenters. The van der Waals surface area contributed by atoms with Gasteiger partial charge in [0.2, 0.25) is 0 Å². The van der Waals surface area contributed by atoms with E-state index in [1.54, 1.807) is 6.08 Å². The van der Waals surface area contributed by atoms with Crippen molar-refractivity contribution in [2.75, 3.05) is 6.61 Å². The minimum Gasteiger partial charge on any atom is -0.374 e. The summed E-state index contributed by atoms with van der Waals surface area (Å²) in [5.41, 5.74) is 1.16. The molecule has 0 saturated carbocycles. The third-order valence-corrected chi connectivity index (χ3v) is 2.85. The van der Waals surface area contributed by atoms with Crippen LogP contribution in [0.2, 0.25) is 0 Å². The van der Waals surface area contributed by atoms with Crippen LogP contribution in [0.3, 0.4) is 0 Å². The standard InChI is InChI=1S/C15H20O3/c1-4-13-14(18-15(2,3)17-13)11-16-10-12-8-6-5-7-9-12/h4-9,13-14H,1,10-11H2,2-3H3/t13-,14-/m0/s1. The lowest BCUT2D eigenvalue weighted by molar-refractivity contribution is -0.148. The maximum Gasteiger partial charge on any atom is 0.164 e. The highest BCUT2D eigenvalue weighted by Gasteiger charge is 2.39. The molecule has 1 aromatic carbocycles. The van der Waals surface area contributed by atoms with Crippen molar-refractivity contribution in [2.45, 2.75) is 38.4 Å². The van der Waals surface area contributed by atoms with E-state index >= 15 is 0 Å². The number of hydrogen-bond acceptors (Lipinski definition) is 3. The van der Waals surface area contributed by atoms with E-state index in [1.807, 2.05) is 44.2 Å². The number of hydrogen-bond donors (Lipinski definition) is 0. The first-order valence-corrected chi connectivity index (χ1v) is 6.20. The molecule has 1 heterocycles. The minimum absolute atomic E-state index is 0.0822. The van der Waals surface area contributed by atoms with Crippen LogP contribution in [0.15, 0.2) is 43.0 Å². The molecule has 2 atom stereocenters. The van der Waals surface area contributed by atoms with Crippen molar-refractivity contribution in [2.24, 2.45) is 0 Å². The molecule has 0 amide bonds. The molecule has 18 heavy (non-hydrogen) atoms. The summed E-state index contributed by atoms with van der Waals surface area (Å²) in [6, 6.07) is 10.1. The summed E-state index contributed by atoms with van der Waals surface area (Å²) in [5.74, 6) is -0.556. The summed E-state index contributed by atoms with van der Waals surface area (Å²) in [7, 11) is 0. The highest BCUT2D eigenvalue weighted by molar-refractivity contribution is 5.13. The topological polar surface area (TPSA) is 27.7 Å². The second kappa shape index (κ2) is 5.65. The molecule has 0 radical (unpaired) electrons. The van der Waals surface area contributed by atoms with Crippen molar-refractivity contribution in [1.82, 2.24) is 0 Å². The molecule has 1 aromatic rings. The predicted octanol–water partition coefficient (Wildman–Crippen LogP) is 2.91. The van der Waals surface area contributed by atoms with Crippen LogP contribution in [0.5, 0.6) is 0 Å². The Morgan fingerprint density at radius 3 is 2.67 bits per heavy atom. The van der Waals surface area contributed by atoms with Crippen LogP contribution < -0.4 is 0 Å². The third-order valence-electron chi connectivity index (χ3n) is 2.85. The Balaban J connectivity index is 1.81. The fraction of sp³-hybridized carbons (Fsp3) is 0.467. The molecular formula is C15H20O3. The zero-order chi connectivity index (χ0) is 13.0. The Labute approximate surface area is 108 Å². The van der Waals surface area contributed by atoms with Gasteiger partial charge in [-0.3, -0.25) is 0 Å². The smallest absolute Gasteiger partial charge is 0.164 e. The first-order valence-electron chi connectivity index (χ1n) is 6.20. The van der Waals surface area contributed by atoms with Gasteiger partial charge >= 0.3 is 0 Å². The lowest BCUT2D eigenvalue weighted by atomic mass is 10.2. The summed E-state index contributed by atoms with van der Waals surface area (Å²) in [6.07, 6.45) is 1.59. The molecule has 1 saturated heterocycles. The third kappa shape index (κ3) is 3.42. The van der Waals surface area contributed by atoms with E-state index in [-0.39, 0.29) is 12.2 Å². The van der Waals surface area contributed by atoms with Gasteiger partial charge in [-0.05, 0) is 19.4 Å². The number of rotatable bonds is 5. The maximum atomic E-state index is 5.77. The van der Waals surface area contributed by atoms with Crippen LogP contribution >= 0.6 is 0 Å². The number of benzene rings is 1. The molecule has 2 rings (SSSR count). The molecule has 0 aromatic heterocycles. The van der Waals surface area contributed by atoms with Crippen LogP contribution in [0.1, 0.15) is 19.4 Å². The van der Waals surface area contributed by atoms with Gasteiger partial charge in [0.15, 0.2) is 5.79 Å². The van der Waals surface area contributed by atoms with E-state index in [2.05, 4.69) is 6.58 Å². The summed E-state index contributed by atoms with van der Waals surface area (Å²) in [5, 5.41) is 0. The van der Waals surface area contributed by atoms with Crippen LogP contribution in [-0.4, -0.2) is 24.6 Å². The van der Waals surface area contributed by atoms with Crippen molar-refractivity contribution >= 4 is 0 Å². The molecule has 0 aliphatic carbocycles. The Morgan fingerprint density at radius 2 is 2.00 bits per heavy atom. The van der Waals surface area contributed by atoms with Gasteiger partial charge in [0.1, 0.15) is 12.2 Å². The zero-order valence-corrected chi connectivity index (χ0v) is 11.0. The minimum atomic E-state index is -0.556. The lowest BCUT2D eigenvalue weighted by Gasteiger charge is -2.16. The van der Waals surface area contributed by atoms with Gasteiger partial charge in [-0.2, -0.15) is 0 Å². The Morgan fingerprint density at radius 1 is 1.28 bits per heavy atom. The quantitative estimate of drug-likeness (QED) is 0.750. The van der Waals surface area contributed by atoms with Gasteiger partial charge in [0, 0.05) is 0 Å². The van der Waals surface area contributed by atoms with Crippen molar-refractivity contribution in [3.05, 3.63) is 48.6 Å². The highest BCUT2D eigenvalue weighted by atomic mass is 16.8. The molecule has 0 bridgehead atoms. The van der Waals surface area contributed by atoms with Crippen molar-refractivity contribution < 1.29 is 14.2 Å². The van der Waals surface area contributed by atoms with Crippen LogP contribution in [0.25, 0.3) is 0 Å². The summed E-state index contributed by atoms with van der Waals surface area (Å²) < 4.78 is 17.1. The van der Waals surface area contributed by atoms with Gasteiger partial charge in [-0.15, -0.1) is 6.58 Å².